The minimum atomic E-state index is -0.0952. The highest BCUT2D eigenvalue weighted by molar-refractivity contribution is 5.83. The molecular weight excluding hydrogens is 286 g/mol. The number of hydrogen-bond donors (Lipinski definition) is 1. The second kappa shape index (κ2) is 6.08. The number of aromatic amines is 1. The summed E-state index contributed by atoms with van der Waals surface area (Å²) < 4.78 is 1.54. The first-order chi connectivity index (χ1) is 11.1. The zero-order chi connectivity index (χ0) is 16.4. The molecule has 1 aromatic heterocycles. The molecule has 3 rings (SSSR count). The second-order valence-electron chi connectivity index (χ2n) is 5.67. The van der Waals surface area contributed by atoms with E-state index in [4.69, 9.17) is 0 Å². The van der Waals surface area contributed by atoms with Crippen LogP contribution in [0.5, 0.6) is 0 Å². The summed E-state index contributed by atoms with van der Waals surface area (Å²) in [6.07, 6.45) is 1.64. The molecule has 23 heavy (non-hydrogen) atoms. The Labute approximate surface area is 135 Å². The molecule has 0 spiro atoms. The van der Waals surface area contributed by atoms with Crippen LogP contribution in [0.15, 0.2) is 58.3 Å². The van der Waals surface area contributed by atoms with E-state index in [1.54, 1.807) is 10.9 Å². The number of aromatic nitrogens is 2. The van der Waals surface area contributed by atoms with E-state index in [1.807, 2.05) is 56.3 Å². The summed E-state index contributed by atoms with van der Waals surface area (Å²) in [5, 5.41) is 3.10. The van der Waals surface area contributed by atoms with Gasteiger partial charge in [0.1, 0.15) is 0 Å². The van der Waals surface area contributed by atoms with E-state index >= 15 is 0 Å². The van der Waals surface area contributed by atoms with Crippen molar-refractivity contribution in [3.8, 4) is 5.69 Å². The van der Waals surface area contributed by atoms with Gasteiger partial charge < -0.3 is 0 Å². The number of rotatable bonds is 3. The van der Waals surface area contributed by atoms with Crippen molar-refractivity contribution >= 4 is 11.9 Å². The van der Waals surface area contributed by atoms with E-state index < -0.39 is 0 Å². The monoisotopic (exact) mass is 305 g/mol. The summed E-state index contributed by atoms with van der Waals surface area (Å²) >= 11 is 0. The third-order valence-electron chi connectivity index (χ3n) is 3.82. The van der Waals surface area contributed by atoms with Gasteiger partial charge in [0, 0.05) is 11.9 Å². The zero-order valence-electron chi connectivity index (χ0n) is 13.5. The van der Waals surface area contributed by atoms with Gasteiger partial charge in [0.15, 0.2) is 0 Å². The van der Waals surface area contributed by atoms with Gasteiger partial charge in [-0.3, -0.25) is 14.9 Å². The maximum absolute atomic E-state index is 12.6. The van der Waals surface area contributed by atoms with Crippen LogP contribution in [0.1, 0.15) is 22.4 Å². The standard InChI is InChI=1S/C19H19N3O/c1-13-9-10-18(14(2)11-13)20-12-17-15(3)21-22(19(17)23)16-7-5-4-6-8-16/h4-12,21H,1-3H3. The fourth-order valence-corrected chi connectivity index (χ4v) is 2.55. The van der Waals surface area contributed by atoms with Crippen LogP contribution in [0, 0.1) is 20.8 Å². The molecule has 1 heterocycles. The number of aliphatic imine (C=N–C) groups is 1. The van der Waals surface area contributed by atoms with Crippen molar-refractivity contribution in [2.75, 3.05) is 0 Å². The molecule has 116 valence electrons. The smallest absolute Gasteiger partial charge is 0.280 e. The van der Waals surface area contributed by atoms with Gasteiger partial charge in [-0.2, -0.15) is 0 Å². The van der Waals surface area contributed by atoms with Gasteiger partial charge in [-0.05, 0) is 44.5 Å². The van der Waals surface area contributed by atoms with Gasteiger partial charge in [0.25, 0.3) is 5.56 Å². The minimum Gasteiger partial charge on any atom is -0.295 e. The molecule has 0 aliphatic heterocycles. The largest absolute Gasteiger partial charge is 0.295 e. The third kappa shape index (κ3) is 3.01. The molecule has 4 nitrogen and oxygen atoms in total. The normalized spacial score (nSPS) is 11.3. The first kappa shape index (κ1) is 15.0. The number of H-pyrrole nitrogens is 1. The van der Waals surface area contributed by atoms with Crippen molar-refractivity contribution in [2.45, 2.75) is 20.8 Å². The van der Waals surface area contributed by atoms with Crippen LogP contribution in [0.2, 0.25) is 0 Å². The van der Waals surface area contributed by atoms with Crippen molar-refractivity contribution in [3.05, 3.63) is 81.3 Å². The Balaban J connectivity index is 2.00. The Morgan fingerprint density at radius 3 is 2.48 bits per heavy atom. The Hall–Kier alpha value is -2.88. The molecule has 0 radical (unpaired) electrons. The number of hydrogen-bond acceptors (Lipinski definition) is 2. The lowest BCUT2D eigenvalue weighted by atomic mass is 10.1. The number of nitrogens with one attached hydrogen (secondary N) is 1. The van der Waals surface area contributed by atoms with E-state index in [-0.39, 0.29) is 5.56 Å². The first-order valence-electron chi connectivity index (χ1n) is 7.54. The molecule has 0 bridgehead atoms. The molecule has 0 atom stereocenters. The molecule has 0 aliphatic rings. The van der Waals surface area contributed by atoms with Gasteiger partial charge in [-0.15, -0.1) is 0 Å². The Morgan fingerprint density at radius 2 is 1.78 bits per heavy atom. The van der Waals surface area contributed by atoms with Crippen LogP contribution in [0.4, 0.5) is 5.69 Å². The van der Waals surface area contributed by atoms with Crippen molar-refractivity contribution in [2.24, 2.45) is 4.99 Å². The fraction of sp³-hybridized carbons (Fsp3) is 0.158. The number of nitrogens with zero attached hydrogens (tertiary/aromatic N) is 2. The molecule has 3 aromatic rings. The van der Waals surface area contributed by atoms with E-state index in [0.29, 0.717) is 5.56 Å². The average Bonchev–Trinajstić information content (AvgIpc) is 2.82. The van der Waals surface area contributed by atoms with Crippen LogP contribution in [0.3, 0.4) is 0 Å². The molecule has 2 aromatic carbocycles. The fourth-order valence-electron chi connectivity index (χ4n) is 2.55. The Kier molecular flexibility index (Phi) is 3.98. The van der Waals surface area contributed by atoms with Crippen LogP contribution < -0.4 is 5.56 Å². The maximum atomic E-state index is 12.6. The summed E-state index contributed by atoms with van der Waals surface area (Å²) in [7, 11) is 0. The van der Waals surface area contributed by atoms with E-state index in [0.717, 1.165) is 22.6 Å². The summed E-state index contributed by atoms with van der Waals surface area (Å²) in [5.74, 6) is 0. The van der Waals surface area contributed by atoms with Gasteiger partial charge in [0.05, 0.1) is 16.9 Å². The lowest BCUT2D eigenvalue weighted by molar-refractivity contribution is 0.835. The van der Waals surface area contributed by atoms with Crippen molar-refractivity contribution in [1.82, 2.24) is 9.78 Å². The van der Waals surface area contributed by atoms with Crippen molar-refractivity contribution in [3.63, 3.8) is 0 Å². The molecule has 0 saturated carbocycles. The summed E-state index contributed by atoms with van der Waals surface area (Å²) in [5.41, 5.74) is 5.26. The predicted octanol–water partition coefficient (Wildman–Crippen LogP) is 3.84. The van der Waals surface area contributed by atoms with Crippen molar-refractivity contribution in [1.29, 1.82) is 0 Å². The topological polar surface area (TPSA) is 50.1 Å². The second-order valence-corrected chi connectivity index (χ2v) is 5.67. The van der Waals surface area contributed by atoms with Gasteiger partial charge in [-0.1, -0.05) is 35.9 Å². The first-order valence-corrected chi connectivity index (χ1v) is 7.54. The quantitative estimate of drug-likeness (QED) is 0.734. The Bertz CT molecular complexity index is 918. The molecule has 0 fully saturated rings. The summed E-state index contributed by atoms with van der Waals surface area (Å²) in [6, 6.07) is 15.6. The Morgan fingerprint density at radius 1 is 1.04 bits per heavy atom. The molecule has 0 unspecified atom stereocenters. The van der Waals surface area contributed by atoms with Gasteiger partial charge >= 0.3 is 0 Å². The lowest BCUT2D eigenvalue weighted by Crippen LogP contribution is -2.17. The van der Waals surface area contributed by atoms with E-state index in [1.165, 1.54) is 5.56 Å². The molecular formula is C19H19N3O. The highest BCUT2D eigenvalue weighted by Gasteiger charge is 2.10. The molecule has 1 N–H and O–H groups in total. The summed E-state index contributed by atoms with van der Waals surface area (Å²) in [6.45, 7) is 5.95. The SMILES string of the molecule is Cc1ccc(N=Cc2c(C)[nH]n(-c3ccccc3)c2=O)c(C)c1. The van der Waals surface area contributed by atoms with Gasteiger partial charge in [0.2, 0.25) is 0 Å². The van der Waals surface area contributed by atoms with Crippen LogP contribution in [0.25, 0.3) is 5.69 Å². The average molecular weight is 305 g/mol. The van der Waals surface area contributed by atoms with Crippen LogP contribution in [-0.4, -0.2) is 16.0 Å². The van der Waals surface area contributed by atoms with E-state index in [2.05, 4.69) is 23.1 Å². The van der Waals surface area contributed by atoms with E-state index in [9.17, 15) is 4.79 Å². The molecule has 0 aliphatic carbocycles. The third-order valence-corrected chi connectivity index (χ3v) is 3.82. The minimum absolute atomic E-state index is 0.0952. The number of benzene rings is 2. The highest BCUT2D eigenvalue weighted by Crippen LogP contribution is 2.19. The predicted molar refractivity (Wildman–Crippen MR) is 94.3 cm³/mol. The van der Waals surface area contributed by atoms with Crippen LogP contribution >= 0.6 is 0 Å². The maximum Gasteiger partial charge on any atom is 0.280 e. The van der Waals surface area contributed by atoms with Crippen molar-refractivity contribution < 1.29 is 0 Å². The number of aryl methyl sites for hydroxylation is 3. The zero-order valence-corrected chi connectivity index (χ0v) is 13.5. The lowest BCUT2D eigenvalue weighted by Gasteiger charge is -2.00. The van der Waals surface area contributed by atoms with Crippen LogP contribution in [-0.2, 0) is 0 Å². The van der Waals surface area contributed by atoms with Gasteiger partial charge in [-0.25, -0.2) is 4.68 Å². The summed E-state index contributed by atoms with van der Waals surface area (Å²) in [4.78, 5) is 17.1. The highest BCUT2D eigenvalue weighted by atomic mass is 16.1. The molecule has 4 heteroatoms. The molecule has 0 saturated heterocycles. The number of para-hydroxylation sites is 1. The molecule has 0 amide bonds.